The van der Waals surface area contributed by atoms with E-state index in [2.05, 4.69) is 30.0 Å². The smallest absolute Gasteiger partial charge is 0.322 e. The van der Waals surface area contributed by atoms with E-state index in [4.69, 9.17) is 14.9 Å². The largest absolute Gasteiger partial charge is 0.492 e. The Morgan fingerprint density at radius 2 is 1.93 bits per heavy atom. The van der Waals surface area contributed by atoms with E-state index in [-0.39, 0.29) is 22.3 Å². The minimum Gasteiger partial charge on any atom is -0.492 e. The number of morpholine rings is 1. The van der Waals surface area contributed by atoms with Crippen LogP contribution in [-0.2, 0) is 14.8 Å². The van der Waals surface area contributed by atoms with Crippen LogP contribution in [0, 0.1) is 5.41 Å². The second kappa shape index (κ2) is 13.6. The summed E-state index contributed by atoms with van der Waals surface area (Å²) in [4.78, 5) is 31.7. The van der Waals surface area contributed by atoms with Gasteiger partial charge in [-0.25, -0.2) is 18.2 Å². The summed E-state index contributed by atoms with van der Waals surface area (Å²) < 4.78 is 40.4. The van der Waals surface area contributed by atoms with Gasteiger partial charge in [0.05, 0.1) is 71.1 Å². The molecule has 1 aliphatic heterocycles. The zero-order valence-corrected chi connectivity index (χ0v) is 25.0. The molecule has 0 spiro atoms. The van der Waals surface area contributed by atoms with E-state index < -0.39 is 15.9 Å². The fraction of sp³-hybridized carbons (Fsp3) is 0.267. The van der Waals surface area contributed by atoms with Crippen LogP contribution in [0.25, 0.3) is 22.2 Å². The van der Waals surface area contributed by atoms with Gasteiger partial charge in [0, 0.05) is 44.3 Å². The van der Waals surface area contributed by atoms with Gasteiger partial charge in [-0.05, 0) is 48.9 Å². The van der Waals surface area contributed by atoms with Gasteiger partial charge in [0.2, 0.25) is 0 Å². The van der Waals surface area contributed by atoms with Crippen LogP contribution in [0.2, 0.25) is 0 Å². The lowest BCUT2D eigenvalue weighted by Gasteiger charge is -2.27. The van der Waals surface area contributed by atoms with Crippen LogP contribution in [0.1, 0.15) is 18.5 Å². The molecular weight excluding hydrogens is 584 g/mol. The molecule has 5 rings (SSSR count). The first-order valence-electron chi connectivity index (χ1n) is 13.9. The summed E-state index contributed by atoms with van der Waals surface area (Å²) in [5, 5.41) is 10.5. The molecule has 14 heteroatoms. The molecule has 1 atom stereocenters. The minimum atomic E-state index is -4.07. The van der Waals surface area contributed by atoms with Gasteiger partial charge in [0.25, 0.3) is 10.0 Å². The molecule has 0 radical (unpaired) electrons. The first-order valence-corrected chi connectivity index (χ1v) is 15.4. The van der Waals surface area contributed by atoms with Crippen molar-refractivity contribution < 1.29 is 22.7 Å². The number of sulfonamides is 1. The van der Waals surface area contributed by atoms with Gasteiger partial charge >= 0.3 is 6.03 Å². The molecule has 3 heterocycles. The predicted octanol–water partition coefficient (Wildman–Crippen LogP) is 4.19. The molecule has 44 heavy (non-hydrogen) atoms. The Morgan fingerprint density at radius 1 is 1.11 bits per heavy atom. The molecule has 0 bridgehead atoms. The van der Waals surface area contributed by atoms with Crippen molar-refractivity contribution in [2.45, 2.75) is 17.7 Å². The number of rotatable bonds is 10. The number of nitrogens with zero attached hydrogens (tertiary/aromatic N) is 5. The number of anilines is 2. The van der Waals surface area contributed by atoms with Crippen molar-refractivity contribution in [2.75, 3.05) is 50.0 Å². The van der Waals surface area contributed by atoms with E-state index >= 15 is 0 Å². The van der Waals surface area contributed by atoms with E-state index in [0.29, 0.717) is 61.0 Å². The van der Waals surface area contributed by atoms with Crippen LogP contribution in [0.3, 0.4) is 0 Å². The highest BCUT2D eigenvalue weighted by Crippen LogP contribution is 2.30. The van der Waals surface area contributed by atoms with Crippen LogP contribution in [0.4, 0.5) is 16.2 Å². The van der Waals surface area contributed by atoms with Crippen molar-refractivity contribution in [3.63, 3.8) is 0 Å². The molecule has 1 saturated heterocycles. The molecule has 13 nitrogen and oxygen atoms in total. The standard InChI is InChI=1S/C30H32N8O5S/c1-3-43-29-7-5-24(14-27(29)36-30(39)38-8-10-42-11-9-38)44(40,41)37-23-12-21(17-33-18-23)20-4-6-25-26(13-20)35-28(19-34-25)22(15-31)16-32-2/h4-7,12-19,22,31,37H,3,8-11H2,1-2H3,(H,36,39). The normalized spacial score (nSPS) is 14.4. The summed E-state index contributed by atoms with van der Waals surface area (Å²) in [5.74, 6) is -0.0380. The van der Waals surface area contributed by atoms with E-state index in [1.54, 1.807) is 43.5 Å². The van der Waals surface area contributed by atoms with Crippen LogP contribution in [-0.4, -0.2) is 86.7 Å². The molecule has 2 aromatic heterocycles. The SMILES string of the molecule is CCOc1ccc(S(=O)(=O)Nc2cncc(-c3ccc4ncc(C(C=N)C=NC)nc4c3)c2)cc1NC(=O)N1CCOCC1. The molecule has 1 aliphatic rings. The first kappa shape index (κ1) is 30.5. The molecule has 2 aromatic carbocycles. The third-order valence-electron chi connectivity index (χ3n) is 6.82. The highest BCUT2D eigenvalue weighted by Gasteiger charge is 2.22. The average molecular weight is 617 g/mol. The number of urea groups is 1. The van der Waals surface area contributed by atoms with Gasteiger partial charge in [-0.1, -0.05) is 6.07 Å². The number of hydrogen-bond donors (Lipinski definition) is 3. The lowest BCUT2D eigenvalue weighted by atomic mass is 10.1. The van der Waals surface area contributed by atoms with E-state index in [1.807, 2.05) is 18.2 Å². The Hall–Kier alpha value is -4.95. The Kier molecular flexibility index (Phi) is 9.41. The van der Waals surface area contributed by atoms with E-state index in [1.165, 1.54) is 30.6 Å². The third kappa shape index (κ3) is 6.98. The number of aliphatic imine (C=N–C) groups is 1. The van der Waals surface area contributed by atoms with Crippen molar-refractivity contribution >= 4 is 50.9 Å². The highest BCUT2D eigenvalue weighted by atomic mass is 32.2. The molecule has 3 N–H and O–H groups in total. The lowest BCUT2D eigenvalue weighted by Crippen LogP contribution is -2.43. The molecular formula is C30H32N8O5S. The van der Waals surface area contributed by atoms with Crippen molar-refractivity contribution in [1.29, 1.82) is 5.41 Å². The maximum Gasteiger partial charge on any atom is 0.322 e. The molecule has 1 unspecified atom stereocenters. The summed E-state index contributed by atoms with van der Waals surface area (Å²) in [6.07, 6.45) is 7.52. The number of benzene rings is 2. The van der Waals surface area contributed by atoms with Crippen molar-refractivity contribution in [3.8, 4) is 16.9 Å². The van der Waals surface area contributed by atoms with Crippen LogP contribution >= 0.6 is 0 Å². The van der Waals surface area contributed by atoms with E-state index in [9.17, 15) is 13.2 Å². The summed E-state index contributed by atoms with van der Waals surface area (Å²) in [7, 11) is -2.44. The van der Waals surface area contributed by atoms with Crippen LogP contribution in [0.5, 0.6) is 5.75 Å². The average Bonchev–Trinajstić information content (AvgIpc) is 3.04. The maximum atomic E-state index is 13.4. The van der Waals surface area contributed by atoms with Crippen molar-refractivity contribution in [3.05, 3.63) is 66.7 Å². The van der Waals surface area contributed by atoms with Gasteiger partial charge < -0.3 is 25.1 Å². The molecule has 1 fully saturated rings. The Balaban J connectivity index is 1.40. The summed E-state index contributed by atoms with van der Waals surface area (Å²) in [6, 6.07) is 11.1. The monoisotopic (exact) mass is 616 g/mol. The molecule has 0 saturated carbocycles. The number of carbonyl (C=O) groups is 1. The maximum absolute atomic E-state index is 13.4. The second-order valence-electron chi connectivity index (χ2n) is 9.79. The number of hydrogen-bond acceptors (Lipinski definition) is 10. The van der Waals surface area contributed by atoms with Crippen LogP contribution < -0.4 is 14.8 Å². The van der Waals surface area contributed by atoms with Gasteiger partial charge in [-0.15, -0.1) is 0 Å². The fourth-order valence-corrected chi connectivity index (χ4v) is 5.68. The summed E-state index contributed by atoms with van der Waals surface area (Å²) >= 11 is 0. The Labute approximate surface area is 254 Å². The minimum absolute atomic E-state index is 0.0616. The second-order valence-corrected chi connectivity index (χ2v) is 11.5. The van der Waals surface area contributed by atoms with Gasteiger partial charge in [0.1, 0.15) is 5.75 Å². The Bertz CT molecular complexity index is 1810. The summed E-state index contributed by atoms with van der Waals surface area (Å²) in [6.45, 7) is 3.87. The number of aromatic nitrogens is 3. The van der Waals surface area contributed by atoms with Gasteiger partial charge in [-0.2, -0.15) is 0 Å². The van der Waals surface area contributed by atoms with Crippen molar-refractivity contribution in [1.82, 2.24) is 19.9 Å². The summed E-state index contributed by atoms with van der Waals surface area (Å²) in [5.41, 5.74) is 3.77. The highest BCUT2D eigenvalue weighted by molar-refractivity contribution is 7.92. The zero-order chi connectivity index (χ0) is 31.1. The number of fused-ring (bicyclic) bond motifs is 1. The van der Waals surface area contributed by atoms with Crippen molar-refractivity contribution in [2.24, 2.45) is 4.99 Å². The number of pyridine rings is 1. The zero-order valence-electron chi connectivity index (χ0n) is 24.2. The first-order chi connectivity index (χ1) is 21.3. The predicted molar refractivity (Wildman–Crippen MR) is 169 cm³/mol. The number of ether oxygens (including phenoxy) is 2. The number of carbonyl (C=O) groups excluding carboxylic acids is 1. The quantitative estimate of drug-likeness (QED) is 0.223. The van der Waals surface area contributed by atoms with Crippen LogP contribution in [0.15, 0.2) is 70.9 Å². The molecule has 0 aliphatic carbocycles. The molecule has 228 valence electrons. The van der Waals surface area contributed by atoms with Gasteiger partial charge in [-0.3, -0.25) is 19.7 Å². The fourth-order valence-electron chi connectivity index (χ4n) is 4.62. The lowest BCUT2D eigenvalue weighted by molar-refractivity contribution is 0.0564. The molecule has 4 aromatic rings. The van der Waals surface area contributed by atoms with E-state index in [0.717, 1.165) is 5.56 Å². The molecule has 2 amide bonds. The topological polar surface area (TPSA) is 172 Å². The Morgan fingerprint density at radius 3 is 2.68 bits per heavy atom. The third-order valence-corrected chi connectivity index (χ3v) is 8.20. The number of nitrogens with one attached hydrogen (secondary N) is 3. The van der Waals surface area contributed by atoms with Gasteiger partial charge in [0.15, 0.2) is 0 Å². The number of amides is 2.